The minimum atomic E-state index is -0.954. The minimum Gasteiger partial charge on any atom is -0.478 e. The molecule has 0 radical (unpaired) electrons. The van der Waals surface area contributed by atoms with Gasteiger partial charge in [0.15, 0.2) is 5.82 Å². The first kappa shape index (κ1) is 17.1. The number of rotatable bonds is 6. The zero-order valence-electron chi connectivity index (χ0n) is 13.6. The summed E-state index contributed by atoms with van der Waals surface area (Å²) in [6.45, 7) is 14.2. The molecule has 0 spiro atoms. The van der Waals surface area contributed by atoms with Gasteiger partial charge in [0.2, 0.25) is 0 Å². The van der Waals surface area contributed by atoms with E-state index in [9.17, 15) is 9.90 Å². The molecule has 5 heteroatoms. The molecule has 1 aromatic rings. The monoisotopic (exact) mass is 291 g/mol. The van der Waals surface area contributed by atoms with Crippen molar-refractivity contribution in [1.82, 2.24) is 10.2 Å². The van der Waals surface area contributed by atoms with Crippen LogP contribution in [0.1, 0.15) is 56.2 Å². The average Bonchev–Trinajstić information content (AvgIpc) is 2.41. The molecule has 0 aromatic carbocycles. The van der Waals surface area contributed by atoms with E-state index in [1.165, 1.54) is 0 Å². The third kappa shape index (κ3) is 3.60. The molecule has 0 atom stereocenters. The Morgan fingerprint density at radius 1 is 1.29 bits per heavy atom. The Kier molecular flexibility index (Phi) is 5.47. The van der Waals surface area contributed by atoms with Gasteiger partial charge in [-0.1, -0.05) is 19.9 Å². The highest BCUT2D eigenvalue weighted by Crippen LogP contribution is 2.29. The highest BCUT2D eigenvalue weighted by molar-refractivity contribution is 5.95. The largest absolute Gasteiger partial charge is 0.478 e. The second kappa shape index (κ2) is 6.70. The number of hydrogen-bond donors (Lipinski definition) is 1. The van der Waals surface area contributed by atoms with Crippen LogP contribution in [0.4, 0.5) is 5.82 Å². The molecule has 0 aliphatic carbocycles. The molecule has 1 N–H and O–H groups in total. The summed E-state index contributed by atoms with van der Waals surface area (Å²) in [7, 11) is 0. The first-order chi connectivity index (χ1) is 9.77. The van der Waals surface area contributed by atoms with Gasteiger partial charge in [0.25, 0.3) is 0 Å². The molecular formula is C16H25N3O2. The topological polar surface area (TPSA) is 66.3 Å². The van der Waals surface area contributed by atoms with Gasteiger partial charge in [-0.2, -0.15) is 5.10 Å². The molecular weight excluding hydrogens is 266 g/mol. The van der Waals surface area contributed by atoms with Crippen molar-refractivity contribution in [2.45, 2.75) is 53.0 Å². The van der Waals surface area contributed by atoms with Crippen LogP contribution < -0.4 is 4.90 Å². The van der Waals surface area contributed by atoms with Gasteiger partial charge >= 0.3 is 5.97 Å². The normalized spacial score (nSPS) is 11.3. The summed E-state index contributed by atoms with van der Waals surface area (Å²) in [4.78, 5) is 13.7. The van der Waals surface area contributed by atoms with E-state index in [1.807, 2.05) is 39.5 Å². The van der Waals surface area contributed by atoms with Gasteiger partial charge in [-0.25, -0.2) is 4.79 Å². The highest BCUT2D eigenvalue weighted by atomic mass is 16.4. The number of hydrogen-bond acceptors (Lipinski definition) is 4. The highest BCUT2D eigenvalue weighted by Gasteiger charge is 2.29. The fourth-order valence-electron chi connectivity index (χ4n) is 2.38. The minimum absolute atomic E-state index is 0.265. The van der Waals surface area contributed by atoms with E-state index in [4.69, 9.17) is 0 Å². The average molecular weight is 291 g/mol. The number of carboxylic acid groups (broad SMARTS) is 1. The Bertz CT molecular complexity index is 533. The summed E-state index contributed by atoms with van der Waals surface area (Å²) < 4.78 is 0. The van der Waals surface area contributed by atoms with Gasteiger partial charge in [0.05, 0.1) is 5.69 Å². The number of aromatic carboxylic acids is 1. The van der Waals surface area contributed by atoms with E-state index >= 15 is 0 Å². The molecule has 0 amide bonds. The van der Waals surface area contributed by atoms with E-state index < -0.39 is 5.97 Å². The molecule has 0 aliphatic rings. The number of anilines is 1. The van der Waals surface area contributed by atoms with Crippen molar-refractivity contribution >= 4 is 11.8 Å². The van der Waals surface area contributed by atoms with Crippen molar-refractivity contribution in [2.75, 3.05) is 11.4 Å². The van der Waals surface area contributed by atoms with Crippen LogP contribution in [0.15, 0.2) is 12.7 Å². The van der Waals surface area contributed by atoms with Gasteiger partial charge in [-0.3, -0.25) is 0 Å². The van der Waals surface area contributed by atoms with Crippen LogP contribution in [0, 0.1) is 0 Å². The van der Waals surface area contributed by atoms with Crippen molar-refractivity contribution < 1.29 is 9.90 Å². The molecule has 116 valence electrons. The lowest BCUT2D eigenvalue weighted by Crippen LogP contribution is -2.43. The standard InChI is InChI=1S/C16H25N3O2/c1-7-10-19(16(4,5)6)14-13(15(20)21)11(8-2)12(9-3)17-18-14/h7H,1,8-10H2,2-6H3,(H,20,21). The van der Waals surface area contributed by atoms with Crippen LogP contribution in [0.5, 0.6) is 0 Å². The number of aryl methyl sites for hydroxylation is 1. The molecule has 0 unspecified atom stereocenters. The van der Waals surface area contributed by atoms with Crippen LogP contribution in [0.2, 0.25) is 0 Å². The zero-order valence-corrected chi connectivity index (χ0v) is 13.6. The van der Waals surface area contributed by atoms with E-state index in [-0.39, 0.29) is 11.1 Å². The Labute approximate surface area is 126 Å². The number of carboxylic acids is 1. The molecule has 1 heterocycles. The van der Waals surface area contributed by atoms with Crippen LogP contribution in [-0.4, -0.2) is 33.4 Å². The predicted octanol–water partition coefficient (Wildman–Crippen LogP) is 3.09. The van der Waals surface area contributed by atoms with Crippen molar-refractivity contribution in [3.05, 3.63) is 29.5 Å². The molecule has 0 saturated heterocycles. The molecule has 0 aliphatic heterocycles. The maximum atomic E-state index is 11.8. The van der Waals surface area contributed by atoms with Gasteiger partial charge in [-0.15, -0.1) is 11.7 Å². The molecule has 1 aromatic heterocycles. The number of aromatic nitrogens is 2. The lowest BCUT2D eigenvalue weighted by atomic mass is 9.99. The summed E-state index contributed by atoms with van der Waals surface area (Å²) in [5, 5.41) is 18.1. The van der Waals surface area contributed by atoms with E-state index in [1.54, 1.807) is 6.08 Å². The van der Waals surface area contributed by atoms with Crippen molar-refractivity contribution in [2.24, 2.45) is 0 Å². The Morgan fingerprint density at radius 2 is 1.90 bits per heavy atom. The summed E-state index contributed by atoms with van der Waals surface area (Å²) in [5.41, 5.74) is 1.52. The molecule has 5 nitrogen and oxygen atoms in total. The maximum absolute atomic E-state index is 11.8. The number of carbonyl (C=O) groups is 1. The third-order valence-electron chi connectivity index (χ3n) is 3.42. The molecule has 1 rings (SSSR count). The molecule has 21 heavy (non-hydrogen) atoms. The second-order valence-corrected chi connectivity index (χ2v) is 5.91. The van der Waals surface area contributed by atoms with Crippen molar-refractivity contribution in [3.8, 4) is 0 Å². The Hall–Kier alpha value is -1.91. The third-order valence-corrected chi connectivity index (χ3v) is 3.42. The fraction of sp³-hybridized carbons (Fsp3) is 0.562. The van der Waals surface area contributed by atoms with Crippen LogP contribution in [0.3, 0.4) is 0 Å². The van der Waals surface area contributed by atoms with E-state index in [0.717, 1.165) is 11.3 Å². The lowest BCUT2D eigenvalue weighted by Gasteiger charge is -2.36. The zero-order chi connectivity index (χ0) is 16.2. The lowest BCUT2D eigenvalue weighted by molar-refractivity contribution is 0.0695. The fourth-order valence-corrected chi connectivity index (χ4v) is 2.38. The Balaban J connectivity index is 3.61. The summed E-state index contributed by atoms with van der Waals surface area (Å²) >= 11 is 0. The van der Waals surface area contributed by atoms with Gasteiger partial charge in [-0.05, 0) is 39.2 Å². The SMILES string of the molecule is C=CCN(c1nnc(CC)c(CC)c1C(=O)O)C(C)(C)C. The number of nitrogens with zero attached hydrogens (tertiary/aromatic N) is 3. The summed E-state index contributed by atoms with van der Waals surface area (Å²) in [6, 6.07) is 0. The van der Waals surface area contributed by atoms with Crippen LogP contribution in [0.25, 0.3) is 0 Å². The second-order valence-electron chi connectivity index (χ2n) is 5.91. The van der Waals surface area contributed by atoms with Crippen LogP contribution >= 0.6 is 0 Å². The summed E-state index contributed by atoms with van der Waals surface area (Å²) in [5.74, 6) is -0.534. The molecule has 0 fully saturated rings. The summed E-state index contributed by atoms with van der Waals surface area (Å²) in [6.07, 6.45) is 3.05. The van der Waals surface area contributed by atoms with Gasteiger partial charge < -0.3 is 10.0 Å². The van der Waals surface area contributed by atoms with Gasteiger partial charge in [0, 0.05) is 12.1 Å². The van der Waals surface area contributed by atoms with Crippen LogP contribution in [-0.2, 0) is 12.8 Å². The van der Waals surface area contributed by atoms with Gasteiger partial charge in [0.1, 0.15) is 5.56 Å². The quantitative estimate of drug-likeness (QED) is 0.816. The molecule has 0 saturated carbocycles. The van der Waals surface area contributed by atoms with Crippen molar-refractivity contribution in [3.63, 3.8) is 0 Å². The Morgan fingerprint density at radius 3 is 2.29 bits per heavy atom. The first-order valence-electron chi connectivity index (χ1n) is 7.28. The molecule has 0 bridgehead atoms. The van der Waals surface area contributed by atoms with Crippen molar-refractivity contribution in [1.29, 1.82) is 0 Å². The first-order valence-corrected chi connectivity index (χ1v) is 7.28. The van der Waals surface area contributed by atoms with E-state index in [2.05, 4.69) is 16.8 Å². The smallest absolute Gasteiger partial charge is 0.339 e. The van der Waals surface area contributed by atoms with E-state index in [0.29, 0.717) is 25.2 Å². The maximum Gasteiger partial charge on any atom is 0.339 e. The predicted molar refractivity (Wildman–Crippen MR) is 85.0 cm³/mol.